The molecule has 3 aromatic rings. The first-order chi connectivity index (χ1) is 14.1. The van der Waals surface area contributed by atoms with Gasteiger partial charge in [-0.3, -0.25) is 4.79 Å². The second-order valence-electron chi connectivity index (χ2n) is 6.92. The number of nitrogens with zero attached hydrogens (tertiary/aromatic N) is 3. The third-order valence-corrected chi connectivity index (χ3v) is 6.84. The highest BCUT2D eigenvalue weighted by molar-refractivity contribution is 7.89. The summed E-state index contributed by atoms with van der Waals surface area (Å²) in [5.41, 5.74) is 1.94. The number of anilines is 1. The minimum Gasteiger partial charge on any atom is -0.495 e. The first kappa shape index (κ1) is 22.1. The van der Waals surface area contributed by atoms with E-state index in [2.05, 4.69) is 10.3 Å². The number of methoxy groups -OCH3 is 1. The number of carbonyl (C=O) groups excluding carboxylic acids is 1. The van der Waals surface area contributed by atoms with Crippen LogP contribution in [0.5, 0.6) is 5.75 Å². The van der Waals surface area contributed by atoms with Crippen LogP contribution in [-0.4, -0.2) is 49.4 Å². The van der Waals surface area contributed by atoms with Crippen molar-refractivity contribution in [1.29, 1.82) is 0 Å². The number of sulfonamides is 1. The second-order valence-corrected chi connectivity index (χ2v) is 9.48. The predicted octanol–water partition coefficient (Wildman–Crippen LogP) is 3.06. The van der Waals surface area contributed by atoms with E-state index in [9.17, 15) is 13.2 Å². The summed E-state index contributed by atoms with van der Waals surface area (Å²) in [4.78, 5) is 17.0. The monoisotopic (exact) mass is 450 g/mol. The maximum Gasteiger partial charge on any atom is 0.242 e. The number of halogens is 1. The van der Waals surface area contributed by atoms with Crippen LogP contribution in [0.2, 0.25) is 5.02 Å². The maximum atomic E-state index is 12.3. The molecule has 10 heteroatoms. The topological polar surface area (TPSA) is 93.5 Å². The summed E-state index contributed by atoms with van der Waals surface area (Å²) in [6, 6.07) is 9.85. The number of aromatic nitrogens is 2. The Balaban J connectivity index is 1.73. The number of rotatable bonds is 7. The number of amides is 1. The molecule has 160 valence electrons. The lowest BCUT2D eigenvalue weighted by Gasteiger charge is -2.10. The molecular weight excluding hydrogens is 428 g/mol. The largest absolute Gasteiger partial charge is 0.495 e. The minimum absolute atomic E-state index is 0.179. The third kappa shape index (κ3) is 4.43. The van der Waals surface area contributed by atoms with Gasteiger partial charge in [0.25, 0.3) is 0 Å². The van der Waals surface area contributed by atoms with Crippen molar-refractivity contribution in [2.45, 2.75) is 17.7 Å². The van der Waals surface area contributed by atoms with Crippen LogP contribution < -0.4 is 10.1 Å². The van der Waals surface area contributed by atoms with Crippen molar-refractivity contribution in [3.05, 3.63) is 47.2 Å². The standard InChI is InChI=1S/C20H23ClN4O4S/c1-24(2)30(27,28)14-6-7-17-16(12-14)23-19(25(17)3)9-10-20(26)22-13-5-8-18(29-4)15(21)11-13/h5-8,11-12H,9-10H2,1-4H3,(H,22,26). The van der Waals surface area contributed by atoms with Gasteiger partial charge in [-0.25, -0.2) is 17.7 Å². The molecule has 8 nitrogen and oxygen atoms in total. The number of aryl methyl sites for hydroxylation is 2. The van der Waals surface area contributed by atoms with Crippen molar-refractivity contribution in [2.75, 3.05) is 26.5 Å². The minimum atomic E-state index is -3.54. The average molecular weight is 451 g/mol. The fourth-order valence-electron chi connectivity index (χ4n) is 3.02. The van der Waals surface area contributed by atoms with Crippen LogP contribution in [0.4, 0.5) is 5.69 Å². The van der Waals surface area contributed by atoms with Crippen molar-refractivity contribution < 1.29 is 17.9 Å². The number of nitrogens with one attached hydrogen (secondary N) is 1. The van der Waals surface area contributed by atoms with Crippen LogP contribution >= 0.6 is 11.6 Å². The Morgan fingerprint density at radius 1 is 1.23 bits per heavy atom. The van der Waals surface area contributed by atoms with E-state index in [1.165, 1.54) is 21.2 Å². The van der Waals surface area contributed by atoms with Gasteiger partial charge in [-0.2, -0.15) is 0 Å². The summed E-state index contributed by atoms with van der Waals surface area (Å²) in [6.07, 6.45) is 0.611. The number of hydrogen-bond donors (Lipinski definition) is 1. The molecule has 1 heterocycles. The van der Waals surface area contributed by atoms with Crippen molar-refractivity contribution >= 4 is 44.3 Å². The van der Waals surface area contributed by atoms with Crippen LogP contribution in [0.25, 0.3) is 11.0 Å². The molecule has 2 aromatic carbocycles. The first-order valence-corrected chi connectivity index (χ1v) is 11.0. The SMILES string of the molecule is COc1ccc(NC(=O)CCc2nc3cc(S(=O)(=O)N(C)C)ccc3n2C)cc1Cl. The fourth-order valence-corrected chi connectivity index (χ4v) is 4.20. The fraction of sp³-hybridized carbons (Fsp3) is 0.300. The van der Waals surface area contributed by atoms with Gasteiger partial charge < -0.3 is 14.6 Å². The number of carbonyl (C=O) groups is 1. The lowest BCUT2D eigenvalue weighted by molar-refractivity contribution is -0.116. The number of ether oxygens (including phenoxy) is 1. The molecule has 0 spiro atoms. The Morgan fingerprint density at radius 2 is 1.97 bits per heavy atom. The zero-order valence-electron chi connectivity index (χ0n) is 17.1. The smallest absolute Gasteiger partial charge is 0.242 e. The molecule has 0 radical (unpaired) electrons. The second kappa shape index (κ2) is 8.63. The van der Waals surface area contributed by atoms with Gasteiger partial charge in [0, 0.05) is 39.7 Å². The molecule has 0 aliphatic heterocycles. The van der Waals surface area contributed by atoms with Gasteiger partial charge in [0.1, 0.15) is 11.6 Å². The normalized spacial score (nSPS) is 11.8. The van der Waals surface area contributed by atoms with Gasteiger partial charge in [-0.15, -0.1) is 0 Å². The summed E-state index contributed by atoms with van der Waals surface area (Å²) in [5, 5.41) is 3.21. The van der Waals surface area contributed by atoms with Crippen molar-refractivity contribution in [3.8, 4) is 5.75 Å². The molecule has 1 amide bonds. The summed E-state index contributed by atoms with van der Waals surface area (Å²) < 4.78 is 32.8. The summed E-state index contributed by atoms with van der Waals surface area (Å²) in [7, 11) is 2.79. The van der Waals surface area contributed by atoms with Crippen LogP contribution in [0, 0.1) is 0 Å². The average Bonchev–Trinajstić information content (AvgIpc) is 3.01. The molecule has 0 unspecified atom stereocenters. The molecule has 0 aliphatic carbocycles. The highest BCUT2D eigenvalue weighted by Gasteiger charge is 2.19. The molecule has 0 saturated heterocycles. The lowest BCUT2D eigenvalue weighted by atomic mass is 10.2. The number of hydrogen-bond acceptors (Lipinski definition) is 5. The molecule has 1 N–H and O–H groups in total. The Bertz CT molecular complexity index is 1200. The van der Waals surface area contributed by atoms with Gasteiger partial charge in [0.2, 0.25) is 15.9 Å². The molecule has 1 aromatic heterocycles. The quantitative estimate of drug-likeness (QED) is 0.597. The lowest BCUT2D eigenvalue weighted by Crippen LogP contribution is -2.22. The number of benzene rings is 2. The first-order valence-electron chi connectivity index (χ1n) is 9.14. The van der Waals surface area contributed by atoms with Crippen molar-refractivity contribution in [1.82, 2.24) is 13.9 Å². The van der Waals surface area contributed by atoms with Crippen LogP contribution in [0.15, 0.2) is 41.3 Å². The Kier molecular flexibility index (Phi) is 6.35. The van der Waals surface area contributed by atoms with E-state index in [1.807, 2.05) is 11.6 Å². The number of imidazole rings is 1. The molecular formula is C20H23ClN4O4S. The third-order valence-electron chi connectivity index (χ3n) is 4.73. The zero-order chi connectivity index (χ0) is 22.1. The Labute approximate surface area is 180 Å². The molecule has 0 aliphatic rings. The molecule has 0 fully saturated rings. The predicted molar refractivity (Wildman–Crippen MR) is 117 cm³/mol. The van der Waals surface area contributed by atoms with E-state index in [0.29, 0.717) is 34.2 Å². The molecule has 0 bridgehead atoms. The van der Waals surface area contributed by atoms with E-state index in [1.54, 1.807) is 36.4 Å². The molecule has 3 rings (SSSR count). The van der Waals surface area contributed by atoms with Gasteiger partial charge in [0.15, 0.2) is 0 Å². The van der Waals surface area contributed by atoms with E-state index < -0.39 is 10.0 Å². The van der Waals surface area contributed by atoms with Gasteiger partial charge in [0.05, 0.1) is 28.1 Å². The van der Waals surface area contributed by atoms with E-state index >= 15 is 0 Å². The van der Waals surface area contributed by atoms with Gasteiger partial charge in [-0.1, -0.05) is 11.6 Å². The van der Waals surface area contributed by atoms with Crippen LogP contribution in [-0.2, 0) is 28.3 Å². The molecule has 0 saturated carbocycles. The van der Waals surface area contributed by atoms with Gasteiger partial charge in [-0.05, 0) is 36.4 Å². The highest BCUT2D eigenvalue weighted by Crippen LogP contribution is 2.27. The summed E-state index contributed by atoms with van der Waals surface area (Å²) in [5.74, 6) is 1.04. The van der Waals surface area contributed by atoms with Crippen molar-refractivity contribution in [3.63, 3.8) is 0 Å². The number of fused-ring (bicyclic) bond motifs is 1. The summed E-state index contributed by atoms with van der Waals surface area (Å²) >= 11 is 6.08. The van der Waals surface area contributed by atoms with Crippen LogP contribution in [0.1, 0.15) is 12.2 Å². The van der Waals surface area contributed by atoms with E-state index in [4.69, 9.17) is 16.3 Å². The Morgan fingerprint density at radius 3 is 2.60 bits per heavy atom. The Hall–Kier alpha value is -2.62. The molecule has 0 atom stereocenters. The van der Waals surface area contributed by atoms with E-state index in [0.717, 1.165) is 9.82 Å². The van der Waals surface area contributed by atoms with E-state index in [-0.39, 0.29) is 17.2 Å². The van der Waals surface area contributed by atoms with Gasteiger partial charge >= 0.3 is 0 Å². The van der Waals surface area contributed by atoms with Crippen LogP contribution in [0.3, 0.4) is 0 Å². The molecule has 30 heavy (non-hydrogen) atoms. The summed E-state index contributed by atoms with van der Waals surface area (Å²) in [6.45, 7) is 0. The zero-order valence-corrected chi connectivity index (χ0v) is 18.7. The highest BCUT2D eigenvalue weighted by atomic mass is 35.5. The maximum absolute atomic E-state index is 12.3. The van der Waals surface area contributed by atoms with Crippen molar-refractivity contribution in [2.24, 2.45) is 7.05 Å².